The Labute approximate surface area is 174 Å². The highest BCUT2D eigenvalue weighted by Crippen LogP contribution is 2.32. The number of benzene rings is 3. The lowest BCUT2D eigenvalue weighted by Gasteiger charge is -2.15. The first-order chi connectivity index (χ1) is 15.0. The summed E-state index contributed by atoms with van der Waals surface area (Å²) in [5, 5.41) is 7.64. The molecule has 0 N–H and O–H groups in total. The molecule has 3 aromatic carbocycles. The number of halogens is 2. The third kappa shape index (κ3) is 2.83. The number of carbonyl (C=O) groups is 2. The second-order valence-corrected chi connectivity index (χ2v) is 6.92. The van der Waals surface area contributed by atoms with Crippen molar-refractivity contribution < 1.29 is 23.1 Å². The molecule has 8 heteroatoms. The number of nitrogens with zero attached hydrogens (tertiary/aromatic N) is 3. The summed E-state index contributed by atoms with van der Waals surface area (Å²) in [5.74, 6) is -2.23. The lowest BCUT2D eigenvalue weighted by Crippen LogP contribution is -2.23. The summed E-state index contributed by atoms with van der Waals surface area (Å²) in [6.07, 6.45) is 0. The maximum Gasteiger partial charge on any atom is 0.216 e. The van der Waals surface area contributed by atoms with E-state index in [2.05, 4.69) is 10.3 Å². The fourth-order valence-corrected chi connectivity index (χ4v) is 3.69. The van der Waals surface area contributed by atoms with E-state index in [0.717, 1.165) is 16.8 Å². The van der Waals surface area contributed by atoms with Crippen molar-refractivity contribution in [3.8, 4) is 22.6 Å². The molecule has 1 aromatic heterocycles. The molecule has 0 saturated heterocycles. The van der Waals surface area contributed by atoms with E-state index < -0.39 is 23.2 Å². The number of methoxy groups -OCH3 is 1. The van der Waals surface area contributed by atoms with Gasteiger partial charge in [-0.1, -0.05) is 41.6 Å². The number of ether oxygens (including phenoxy) is 1. The van der Waals surface area contributed by atoms with Crippen LogP contribution in [0.25, 0.3) is 16.8 Å². The van der Waals surface area contributed by atoms with Crippen LogP contribution >= 0.6 is 0 Å². The molecule has 1 aliphatic carbocycles. The molecular formula is C23H13F2N3O3. The fourth-order valence-electron chi connectivity index (χ4n) is 3.69. The zero-order chi connectivity index (χ0) is 21.7. The summed E-state index contributed by atoms with van der Waals surface area (Å²) >= 11 is 0. The molecule has 0 fully saturated rings. The van der Waals surface area contributed by atoms with Crippen molar-refractivity contribution in [2.75, 3.05) is 7.11 Å². The molecule has 5 rings (SSSR count). The number of aromatic nitrogens is 3. The standard InChI is InChI=1S/C23H13F2N3O3/c1-31-14-6-4-5-12(9-14)19-17(24)10-13(11-18(19)25)28-21-20(26-27-28)22(29)15-7-2-3-8-16(15)23(21)30/h2-11H,1H3. The largest absolute Gasteiger partial charge is 0.497 e. The summed E-state index contributed by atoms with van der Waals surface area (Å²) in [6, 6.07) is 14.8. The third-order valence-electron chi connectivity index (χ3n) is 5.15. The van der Waals surface area contributed by atoms with Gasteiger partial charge >= 0.3 is 0 Å². The quantitative estimate of drug-likeness (QED) is 0.444. The van der Waals surface area contributed by atoms with Gasteiger partial charge in [-0.3, -0.25) is 9.59 Å². The van der Waals surface area contributed by atoms with Crippen LogP contribution in [0.5, 0.6) is 5.75 Å². The second kappa shape index (κ2) is 6.94. The van der Waals surface area contributed by atoms with E-state index in [9.17, 15) is 18.4 Å². The molecule has 0 spiro atoms. The first kappa shape index (κ1) is 18.8. The van der Waals surface area contributed by atoms with Crippen LogP contribution in [0.1, 0.15) is 32.1 Å². The summed E-state index contributed by atoms with van der Waals surface area (Å²) in [4.78, 5) is 25.7. The third-order valence-corrected chi connectivity index (χ3v) is 5.15. The Hall–Kier alpha value is -4.20. The minimum Gasteiger partial charge on any atom is -0.497 e. The van der Waals surface area contributed by atoms with Gasteiger partial charge in [0.1, 0.15) is 23.1 Å². The molecule has 4 aromatic rings. The van der Waals surface area contributed by atoms with Gasteiger partial charge in [-0.25, -0.2) is 13.5 Å². The molecule has 0 bridgehead atoms. The lowest BCUT2D eigenvalue weighted by atomic mass is 9.90. The van der Waals surface area contributed by atoms with Crippen molar-refractivity contribution in [2.24, 2.45) is 0 Å². The number of fused-ring (bicyclic) bond motifs is 2. The van der Waals surface area contributed by atoms with E-state index in [1.807, 2.05) is 0 Å². The number of rotatable bonds is 3. The van der Waals surface area contributed by atoms with Crippen LogP contribution in [-0.2, 0) is 0 Å². The van der Waals surface area contributed by atoms with Gasteiger partial charge in [0.15, 0.2) is 5.69 Å². The van der Waals surface area contributed by atoms with Gasteiger partial charge in [-0.2, -0.15) is 0 Å². The Morgan fingerprint density at radius 2 is 1.55 bits per heavy atom. The van der Waals surface area contributed by atoms with Crippen molar-refractivity contribution >= 4 is 11.6 Å². The van der Waals surface area contributed by atoms with Gasteiger partial charge < -0.3 is 4.74 Å². The maximum atomic E-state index is 15.0. The Morgan fingerprint density at radius 1 is 0.871 bits per heavy atom. The van der Waals surface area contributed by atoms with Crippen LogP contribution < -0.4 is 4.74 Å². The summed E-state index contributed by atoms with van der Waals surface area (Å²) < 4.78 is 36.1. The van der Waals surface area contributed by atoms with E-state index in [1.54, 1.807) is 30.3 Å². The predicted octanol–water partition coefficient (Wildman–Crippen LogP) is 4.00. The van der Waals surface area contributed by atoms with Crippen LogP contribution in [0.15, 0.2) is 60.7 Å². The van der Waals surface area contributed by atoms with Crippen molar-refractivity contribution in [3.63, 3.8) is 0 Å². The van der Waals surface area contributed by atoms with Crippen molar-refractivity contribution in [1.82, 2.24) is 15.0 Å². The second-order valence-electron chi connectivity index (χ2n) is 6.92. The molecule has 31 heavy (non-hydrogen) atoms. The molecular weight excluding hydrogens is 404 g/mol. The van der Waals surface area contributed by atoms with E-state index in [4.69, 9.17) is 4.74 Å². The molecule has 6 nitrogen and oxygen atoms in total. The predicted molar refractivity (Wildman–Crippen MR) is 107 cm³/mol. The van der Waals surface area contributed by atoms with Crippen molar-refractivity contribution in [1.29, 1.82) is 0 Å². The molecule has 152 valence electrons. The minimum atomic E-state index is -0.859. The monoisotopic (exact) mass is 417 g/mol. The SMILES string of the molecule is COc1cccc(-c2c(F)cc(-n3nnc4c3C(=O)c3ccccc3C4=O)cc2F)c1. The normalized spacial score (nSPS) is 12.5. The average Bonchev–Trinajstić information content (AvgIpc) is 3.23. The maximum absolute atomic E-state index is 15.0. The highest BCUT2D eigenvalue weighted by molar-refractivity contribution is 6.27. The van der Waals surface area contributed by atoms with Crippen LogP contribution in [0.3, 0.4) is 0 Å². The Kier molecular flexibility index (Phi) is 4.21. The topological polar surface area (TPSA) is 74.1 Å². The van der Waals surface area contributed by atoms with Gasteiger partial charge in [0.25, 0.3) is 0 Å². The van der Waals surface area contributed by atoms with E-state index in [-0.39, 0.29) is 33.8 Å². The zero-order valence-electron chi connectivity index (χ0n) is 16.1. The Balaban J connectivity index is 1.64. The Bertz CT molecular complexity index is 1370. The number of carbonyl (C=O) groups excluding carboxylic acids is 2. The summed E-state index contributed by atoms with van der Waals surface area (Å²) in [5.41, 5.74) is 0.121. The first-order valence-electron chi connectivity index (χ1n) is 9.27. The molecule has 0 radical (unpaired) electrons. The molecule has 1 aliphatic rings. The highest BCUT2D eigenvalue weighted by atomic mass is 19.1. The van der Waals surface area contributed by atoms with Crippen LogP contribution in [0, 0.1) is 11.6 Å². The van der Waals surface area contributed by atoms with Crippen molar-refractivity contribution in [3.05, 3.63) is 94.8 Å². The first-order valence-corrected chi connectivity index (χ1v) is 9.27. The highest BCUT2D eigenvalue weighted by Gasteiger charge is 2.35. The number of hydrogen-bond donors (Lipinski definition) is 0. The zero-order valence-corrected chi connectivity index (χ0v) is 16.1. The van der Waals surface area contributed by atoms with E-state index in [0.29, 0.717) is 11.3 Å². The van der Waals surface area contributed by atoms with Gasteiger partial charge in [0.2, 0.25) is 11.6 Å². The molecule has 0 unspecified atom stereocenters. The van der Waals surface area contributed by atoms with Crippen molar-refractivity contribution in [2.45, 2.75) is 0 Å². The average molecular weight is 417 g/mol. The molecule has 0 saturated carbocycles. The van der Waals surface area contributed by atoms with Gasteiger partial charge in [0.05, 0.1) is 18.4 Å². The van der Waals surface area contributed by atoms with Gasteiger partial charge in [-0.15, -0.1) is 5.10 Å². The van der Waals surface area contributed by atoms with Gasteiger partial charge in [-0.05, 0) is 17.7 Å². The molecule has 0 atom stereocenters. The Morgan fingerprint density at radius 3 is 2.23 bits per heavy atom. The smallest absolute Gasteiger partial charge is 0.216 e. The van der Waals surface area contributed by atoms with Crippen LogP contribution in [0.4, 0.5) is 8.78 Å². The fraction of sp³-hybridized carbons (Fsp3) is 0.0435. The number of hydrogen-bond acceptors (Lipinski definition) is 5. The van der Waals surface area contributed by atoms with E-state index in [1.165, 1.54) is 25.3 Å². The molecule has 1 heterocycles. The lowest BCUT2D eigenvalue weighted by molar-refractivity contribution is 0.0972. The van der Waals surface area contributed by atoms with E-state index >= 15 is 0 Å². The van der Waals surface area contributed by atoms with Crippen LogP contribution in [-0.4, -0.2) is 33.7 Å². The minimum absolute atomic E-state index is 0.0593. The van der Waals surface area contributed by atoms with Crippen LogP contribution in [0.2, 0.25) is 0 Å². The molecule has 0 aliphatic heterocycles. The summed E-state index contributed by atoms with van der Waals surface area (Å²) in [6.45, 7) is 0. The summed E-state index contributed by atoms with van der Waals surface area (Å²) in [7, 11) is 1.46. The molecule has 0 amide bonds. The number of ketones is 2. The van der Waals surface area contributed by atoms with Gasteiger partial charge in [0, 0.05) is 23.3 Å².